The molecule has 1 saturated heterocycles. The third-order valence-electron chi connectivity index (χ3n) is 3.70. The van der Waals surface area contributed by atoms with E-state index in [-0.39, 0.29) is 17.5 Å². The molecule has 0 amide bonds. The van der Waals surface area contributed by atoms with E-state index < -0.39 is 15.8 Å². The van der Waals surface area contributed by atoms with Gasteiger partial charge in [-0.1, -0.05) is 0 Å². The molecule has 0 spiro atoms. The van der Waals surface area contributed by atoms with Gasteiger partial charge in [0.2, 0.25) is 15.9 Å². The van der Waals surface area contributed by atoms with E-state index in [0.717, 1.165) is 6.07 Å². The van der Waals surface area contributed by atoms with Gasteiger partial charge in [-0.05, 0) is 43.2 Å². The maximum absolute atomic E-state index is 13.2. The molecule has 1 aliphatic heterocycles. The van der Waals surface area contributed by atoms with Crippen LogP contribution in [-0.4, -0.2) is 42.1 Å². The van der Waals surface area contributed by atoms with E-state index in [1.807, 2.05) is 0 Å². The highest BCUT2D eigenvalue weighted by atomic mass is 32.2. The SMILES string of the molecule is Cc1cc(F)ccc1S(=O)(=O)N1CCC(Oc2cccnn2)C1. The van der Waals surface area contributed by atoms with Gasteiger partial charge in [0.15, 0.2) is 0 Å². The predicted octanol–water partition coefficient (Wildman–Crippen LogP) is 1.77. The van der Waals surface area contributed by atoms with Crippen molar-refractivity contribution in [1.82, 2.24) is 14.5 Å². The van der Waals surface area contributed by atoms with Gasteiger partial charge in [0.05, 0.1) is 11.4 Å². The second-order valence-electron chi connectivity index (χ2n) is 5.36. The highest BCUT2D eigenvalue weighted by Crippen LogP contribution is 2.25. The average Bonchev–Trinajstić information content (AvgIpc) is 2.97. The fraction of sp³-hybridized carbons (Fsp3) is 0.333. The van der Waals surface area contributed by atoms with Gasteiger partial charge < -0.3 is 4.74 Å². The largest absolute Gasteiger partial charge is 0.472 e. The van der Waals surface area contributed by atoms with Crippen molar-refractivity contribution < 1.29 is 17.5 Å². The number of nitrogens with zero attached hydrogens (tertiary/aromatic N) is 3. The zero-order valence-electron chi connectivity index (χ0n) is 12.5. The van der Waals surface area contributed by atoms with Crippen LogP contribution in [0.2, 0.25) is 0 Å². The molecule has 0 aliphatic carbocycles. The molecule has 23 heavy (non-hydrogen) atoms. The number of hydrogen-bond donors (Lipinski definition) is 0. The smallest absolute Gasteiger partial charge is 0.243 e. The summed E-state index contributed by atoms with van der Waals surface area (Å²) in [5.41, 5.74) is 0.392. The molecule has 122 valence electrons. The number of halogens is 1. The van der Waals surface area contributed by atoms with Gasteiger partial charge in [-0.3, -0.25) is 0 Å². The molecule has 0 bridgehead atoms. The Morgan fingerprint density at radius 2 is 2.17 bits per heavy atom. The molecule has 8 heteroatoms. The van der Waals surface area contributed by atoms with E-state index in [1.54, 1.807) is 19.1 Å². The minimum Gasteiger partial charge on any atom is -0.472 e. The lowest BCUT2D eigenvalue weighted by atomic mass is 10.2. The Hall–Kier alpha value is -2.06. The van der Waals surface area contributed by atoms with E-state index in [0.29, 0.717) is 24.4 Å². The highest BCUT2D eigenvalue weighted by Gasteiger charge is 2.34. The second-order valence-corrected chi connectivity index (χ2v) is 7.27. The Bertz CT molecular complexity index is 799. The zero-order valence-corrected chi connectivity index (χ0v) is 13.3. The maximum Gasteiger partial charge on any atom is 0.243 e. The summed E-state index contributed by atoms with van der Waals surface area (Å²) in [6, 6.07) is 7.05. The molecule has 2 aromatic rings. The van der Waals surface area contributed by atoms with Gasteiger partial charge in [-0.25, -0.2) is 12.8 Å². The number of aryl methyl sites for hydroxylation is 1. The summed E-state index contributed by atoms with van der Waals surface area (Å²) < 4.78 is 45.5. The predicted molar refractivity (Wildman–Crippen MR) is 81.0 cm³/mol. The first-order chi connectivity index (χ1) is 11.0. The van der Waals surface area contributed by atoms with Crippen LogP contribution in [0.5, 0.6) is 5.88 Å². The average molecular weight is 337 g/mol. The van der Waals surface area contributed by atoms with Crippen LogP contribution in [0.4, 0.5) is 4.39 Å². The fourth-order valence-electron chi connectivity index (χ4n) is 2.57. The molecule has 1 aromatic carbocycles. The molecule has 1 unspecified atom stereocenters. The fourth-order valence-corrected chi connectivity index (χ4v) is 4.27. The molecule has 3 rings (SSSR count). The van der Waals surface area contributed by atoms with Crippen molar-refractivity contribution in [1.29, 1.82) is 0 Å². The lowest BCUT2D eigenvalue weighted by Crippen LogP contribution is -2.31. The Balaban J connectivity index is 1.75. The van der Waals surface area contributed by atoms with Crippen LogP contribution in [0.1, 0.15) is 12.0 Å². The molecule has 0 N–H and O–H groups in total. The van der Waals surface area contributed by atoms with Crippen molar-refractivity contribution in [2.75, 3.05) is 13.1 Å². The van der Waals surface area contributed by atoms with E-state index in [9.17, 15) is 12.8 Å². The molecule has 0 radical (unpaired) electrons. The monoisotopic (exact) mass is 337 g/mol. The van der Waals surface area contributed by atoms with Crippen molar-refractivity contribution in [2.24, 2.45) is 0 Å². The number of hydrogen-bond acceptors (Lipinski definition) is 5. The van der Waals surface area contributed by atoms with Gasteiger partial charge >= 0.3 is 0 Å². The molecule has 1 aliphatic rings. The van der Waals surface area contributed by atoms with Crippen LogP contribution in [0.15, 0.2) is 41.4 Å². The first-order valence-corrected chi connectivity index (χ1v) is 8.61. The van der Waals surface area contributed by atoms with E-state index in [1.165, 1.54) is 22.6 Å². The van der Waals surface area contributed by atoms with Crippen LogP contribution in [0.3, 0.4) is 0 Å². The Morgan fingerprint density at radius 3 is 2.87 bits per heavy atom. The topological polar surface area (TPSA) is 72.4 Å². The third-order valence-corrected chi connectivity index (χ3v) is 5.72. The molecule has 6 nitrogen and oxygen atoms in total. The van der Waals surface area contributed by atoms with Crippen molar-refractivity contribution in [3.8, 4) is 5.88 Å². The van der Waals surface area contributed by atoms with Crippen LogP contribution < -0.4 is 4.74 Å². The number of sulfonamides is 1. The summed E-state index contributed by atoms with van der Waals surface area (Å²) in [6.45, 7) is 2.17. The van der Waals surface area contributed by atoms with Gasteiger partial charge in [-0.15, -0.1) is 5.10 Å². The molecule has 1 fully saturated rings. The maximum atomic E-state index is 13.2. The lowest BCUT2D eigenvalue weighted by molar-refractivity contribution is 0.204. The summed E-state index contributed by atoms with van der Waals surface area (Å²) in [6.07, 6.45) is 1.83. The molecule has 0 saturated carbocycles. The molecule has 1 aromatic heterocycles. The number of ether oxygens (including phenoxy) is 1. The quantitative estimate of drug-likeness (QED) is 0.850. The number of benzene rings is 1. The Labute approximate surface area is 134 Å². The summed E-state index contributed by atoms with van der Waals surface area (Å²) in [4.78, 5) is 0.124. The first kappa shape index (κ1) is 15.8. The minimum atomic E-state index is -3.66. The number of rotatable bonds is 4. The summed E-state index contributed by atoms with van der Waals surface area (Å²) in [7, 11) is -3.66. The van der Waals surface area contributed by atoms with E-state index in [2.05, 4.69) is 10.2 Å². The van der Waals surface area contributed by atoms with Crippen molar-refractivity contribution >= 4 is 10.0 Å². The van der Waals surface area contributed by atoms with Crippen LogP contribution in [-0.2, 0) is 10.0 Å². The lowest BCUT2D eigenvalue weighted by Gasteiger charge is -2.18. The van der Waals surface area contributed by atoms with E-state index >= 15 is 0 Å². The van der Waals surface area contributed by atoms with Crippen molar-refractivity contribution in [2.45, 2.75) is 24.3 Å². The van der Waals surface area contributed by atoms with Crippen molar-refractivity contribution in [3.05, 3.63) is 47.9 Å². The highest BCUT2D eigenvalue weighted by molar-refractivity contribution is 7.89. The summed E-state index contributed by atoms with van der Waals surface area (Å²) in [5, 5.41) is 7.55. The van der Waals surface area contributed by atoms with Crippen LogP contribution in [0.25, 0.3) is 0 Å². The first-order valence-electron chi connectivity index (χ1n) is 7.17. The Morgan fingerprint density at radius 1 is 1.35 bits per heavy atom. The minimum absolute atomic E-state index is 0.124. The molecular weight excluding hydrogens is 321 g/mol. The second kappa shape index (κ2) is 6.21. The normalized spacial score (nSPS) is 19.0. The van der Waals surface area contributed by atoms with Gasteiger partial charge in [0.1, 0.15) is 11.9 Å². The van der Waals surface area contributed by atoms with Gasteiger partial charge in [-0.2, -0.15) is 9.40 Å². The van der Waals surface area contributed by atoms with Crippen LogP contribution >= 0.6 is 0 Å². The van der Waals surface area contributed by atoms with Crippen molar-refractivity contribution in [3.63, 3.8) is 0 Å². The summed E-state index contributed by atoms with van der Waals surface area (Å²) in [5.74, 6) is -0.0820. The molecular formula is C15H16FN3O3S. The van der Waals surface area contributed by atoms with Crippen LogP contribution in [0, 0.1) is 12.7 Å². The van der Waals surface area contributed by atoms with Gasteiger partial charge in [0.25, 0.3) is 0 Å². The molecule has 2 heterocycles. The Kier molecular flexibility index (Phi) is 4.27. The zero-order chi connectivity index (χ0) is 16.4. The standard InChI is InChI=1S/C15H16FN3O3S/c1-11-9-12(16)4-5-14(11)23(20,21)19-8-6-13(10-19)22-15-3-2-7-17-18-15/h2-5,7,9,13H,6,8,10H2,1H3. The third kappa shape index (κ3) is 3.32. The van der Waals surface area contributed by atoms with E-state index in [4.69, 9.17) is 4.74 Å². The molecule has 1 atom stereocenters. The summed E-state index contributed by atoms with van der Waals surface area (Å²) >= 11 is 0. The number of aromatic nitrogens is 2. The van der Waals surface area contributed by atoms with Gasteiger partial charge in [0, 0.05) is 18.8 Å².